The number of nitrogens with zero attached hydrogens (tertiary/aromatic N) is 1. The Hall–Kier alpha value is -0.860. The second-order valence-corrected chi connectivity index (χ2v) is 6.79. The Kier molecular flexibility index (Phi) is 4.42. The third-order valence-electron chi connectivity index (χ3n) is 4.99. The van der Waals surface area contributed by atoms with Gasteiger partial charge in [-0.2, -0.15) is 0 Å². The predicted molar refractivity (Wildman–Crippen MR) is 82.7 cm³/mol. The number of hydrogen-bond acceptors (Lipinski definition) is 2. The number of aliphatic hydroxyl groups excluding tert-OH is 1. The van der Waals surface area contributed by atoms with Crippen LogP contribution >= 0.6 is 0 Å². The summed E-state index contributed by atoms with van der Waals surface area (Å²) in [4.78, 5) is 2.46. The first-order chi connectivity index (χ1) is 9.74. The Morgan fingerprint density at radius 1 is 1.20 bits per heavy atom. The topological polar surface area (TPSA) is 23.5 Å². The van der Waals surface area contributed by atoms with Gasteiger partial charge in [0.25, 0.3) is 0 Å². The molecule has 110 valence electrons. The summed E-state index contributed by atoms with van der Waals surface area (Å²) in [6, 6.07) is 8.45. The highest BCUT2D eigenvalue weighted by Gasteiger charge is 2.27. The molecule has 3 rings (SSSR count). The van der Waals surface area contributed by atoms with Gasteiger partial charge in [0, 0.05) is 6.54 Å². The van der Waals surface area contributed by atoms with Crippen LogP contribution in [-0.2, 0) is 6.42 Å². The summed E-state index contributed by atoms with van der Waals surface area (Å²) in [5, 5.41) is 10.7. The summed E-state index contributed by atoms with van der Waals surface area (Å²) in [6.45, 7) is 2.37. The van der Waals surface area contributed by atoms with Crippen molar-refractivity contribution in [2.24, 2.45) is 11.8 Å². The van der Waals surface area contributed by atoms with Crippen molar-refractivity contribution >= 4 is 0 Å². The molecular weight excluding hydrogens is 246 g/mol. The molecule has 0 heterocycles. The average Bonchev–Trinajstić information content (AvgIpc) is 3.26. The summed E-state index contributed by atoms with van der Waals surface area (Å²) in [6.07, 6.45) is 7.20. The Morgan fingerprint density at radius 3 is 2.80 bits per heavy atom. The second kappa shape index (κ2) is 6.28. The van der Waals surface area contributed by atoms with E-state index in [-0.39, 0.29) is 6.10 Å². The van der Waals surface area contributed by atoms with E-state index in [9.17, 15) is 5.11 Å². The molecule has 2 aliphatic carbocycles. The minimum absolute atomic E-state index is 0.261. The van der Waals surface area contributed by atoms with Gasteiger partial charge in [0.05, 0.1) is 6.10 Å². The zero-order chi connectivity index (χ0) is 13.9. The lowest BCUT2D eigenvalue weighted by atomic mass is 9.90. The van der Waals surface area contributed by atoms with Crippen molar-refractivity contribution in [1.82, 2.24) is 4.90 Å². The maximum atomic E-state index is 10.7. The van der Waals surface area contributed by atoms with Gasteiger partial charge < -0.3 is 10.0 Å². The normalized spacial score (nSPS) is 26.4. The number of aryl methyl sites for hydroxylation is 1. The Morgan fingerprint density at radius 2 is 2.00 bits per heavy atom. The van der Waals surface area contributed by atoms with Crippen LogP contribution in [0.5, 0.6) is 0 Å². The van der Waals surface area contributed by atoms with Gasteiger partial charge in [0.1, 0.15) is 0 Å². The number of fused-ring (bicyclic) bond motifs is 1. The Bertz CT molecular complexity index is 441. The van der Waals surface area contributed by atoms with Gasteiger partial charge in [-0.1, -0.05) is 24.3 Å². The van der Waals surface area contributed by atoms with Crippen LogP contribution in [0.3, 0.4) is 0 Å². The third-order valence-corrected chi connectivity index (χ3v) is 4.99. The zero-order valence-electron chi connectivity index (χ0n) is 12.6. The molecule has 0 saturated heterocycles. The molecule has 2 unspecified atom stereocenters. The second-order valence-electron chi connectivity index (χ2n) is 6.79. The molecule has 1 saturated carbocycles. The summed E-state index contributed by atoms with van der Waals surface area (Å²) in [5.41, 5.74) is 2.54. The summed E-state index contributed by atoms with van der Waals surface area (Å²) in [7, 11) is 2.23. The first-order valence-electron chi connectivity index (χ1n) is 8.18. The van der Waals surface area contributed by atoms with Crippen LogP contribution in [0.25, 0.3) is 0 Å². The van der Waals surface area contributed by atoms with E-state index < -0.39 is 0 Å². The quantitative estimate of drug-likeness (QED) is 0.831. The highest BCUT2D eigenvalue weighted by molar-refractivity contribution is 5.30. The fourth-order valence-corrected chi connectivity index (χ4v) is 3.54. The maximum absolute atomic E-state index is 10.7. The standard InChI is InChI=1S/C18H27NO/c1-19(13-14-9-10-14)12-11-16-7-4-6-15-5-2-3-8-17(15)18(16)20/h2-3,5,8,14,16,18,20H,4,6-7,9-13H2,1H3. The molecule has 0 amide bonds. The van der Waals surface area contributed by atoms with Gasteiger partial charge in [0.15, 0.2) is 0 Å². The van der Waals surface area contributed by atoms with Crippen molar-refractivity contribution in [2.75, 3.05) is 20.1 Å². The molecule has 2 aliphatic rings. The van der Waals surface area contributed by atoms with Crippen molar-refractivity contribution in [1.29, 1.82) is 0 Å². The van der Waals surface area contributed by atoms with Crippen LogP contribution in [0.15, 0.2) is 24.3 Å². The van der Waals surface area contributed by atoms with Crippen LogP contribution < -0.4 is 0 Å². The largest absolute Gasteiger partial charge is 0.388 e. The van der Waals surface area contributed by atoms with E-state index in [1.807, 2.05) is 0 Å². The smallest absolute Gasteiger partial charge is 0.0821 e. The highest BCUT2D eigenvalue weighted by Crippen LogP contribution is 2.35. The summed E-state index contributed by atoms with van der Waals surface area (Å²) >= 11 is 0. The molecule has 0 aromatic heterocycles. The third kappa shape index (κ3) is 3.42. The van der Waals surface area contributed by atoms with Crippen LogP contribution in [0.2, 0.25) is 0 Å². The van der Waals surface area contributed by atoms with Crippen molar-refractivity contribution in [3.63, 3.8) is 0 Å². The van der Waals surface area contributed by atoms with Crippen LogP contribution in [0.1, 0.15) is 49.3 Å². The number of aliphatic hydroxyl groups is 1. The molecule has 0 aliphatic heterocycles. The molecule has 2 atom stereocenters. The van der Waals surface area contributed by atoms with Gasteiger partial charge in [-0.25, -0.2) is 0 Å². The molecule has 1 aromatic carbocycles. The molecular formula is C18H27NO. The van der Waals surface area contributed by atoms with Crippen molar-refractivity contribution in [2.45, 2.75) is 44.6 Å². The monoisotopic (exact) mass is 273 g/mol. The van der Waals surface area contributed by atoms with E-state index in [4.69, 9.17) is 0 Å². The fourth-order valence-electron chi connectivity index (χ4n) is 3.54. The number of rotatable bonds is 5. The lowest BCUT2D eigenvalue weighted by Gasteiger charge is -2.25. The molecule has 2 nitrogen and oxygen atoms in total. The van der Waals surface area contributed by atoms with E-state index in [0.717, 1.165) is 31.7 Å². The molecule has 2 heteroatoms. The van der Waals surface area contributed by atoms with Crippen LogP contribution in [0.4, 0.5) is 0 Å². The zero-order valence-corrected chi connectivity index (χ0v) is 12.6. The van der Waals surface area contributed by atoms with E-state index >= 15 is 0 Å². The number of benzene rings is 1. The summed E-state index contributed by atoms with van der Waals surface area (Å²) < 4.78 is 0. The minimum Gasteiger partial charge on any atom is -0.388 e. The average molecular weight is 273 g/mol. The molecule has 0 bridgehead atoms. The van der Waals surface area contributed by atoms with Gasteiger partial charge >= 0.3 is 0 Å². The lowest BCUT2D eigenvalue weighted by Crippen LogP contribution is -2.25. The first kappa shape index (κ1) is 14.1. The fraction of sp³-hybridized carbons (Fsp3) is 0.667. The van der Waals surface area contributed by atoms with Crippen molar-refractivity contribution in [3.8, 4) is 0 Å². The van der Waals surface area contributed by atoms with E-state index in [0.29, 0.717) is 5.92 Å². The summed E-state index contributed by atoms with van der Waals surface area (Å²) in [5.74, 6) is 1.39. The molecule has 1 N–H and O–H groups in total. The Balaban J connectivity index is 1.58. The SMILES string of the molecule is CN(CCC1CCCc2ccccc2C1O)CC1CC1. The maximum Gasteiger partial charge on any atom is 0.0821 e. The highest BCUT2D eigenvalue weighted by atomic mass is 16.3. The Labute approximate surface area is 122 Å². The van der Waals surface area contributed by atoms with Gasteiger partial charge in [-0.15, -0.1) is 0 Å². The van der Waals surface area contributed by atoms with Crippen LogP contribution in [-0.4, -0.2) is 30.1 Å². The van der Waals surface area contributed by atoms with Gasteiger partial charge in [-0.05, 0) is 75.1 Å². The van der Waals surface area contributed by atoms with E-state index in [2.05, 4.69) is 36.2 Å². The predicted octanol–water partition coefficient (Wildman–Crippen LogP) is 3.40. The first-order valence-corrected chi connectivity index (χ1v) is 8.18. The molecule has 20 heavy (non-hydrogen) atoms. The van der Waals surface area contributed by atoms with E-state index in [1.165, 1.54) is 36.9 Å². The molecule has 0 radical (unpaired) electrons. The van der Waals surface area contributed by atoms with E-state index in [1.54, 1.807) is 0 Å². The number of hydrogen-bond donors (Lipinski definition) is 1. The molecule has 1 aromatic rings. The minimum atomic E-state index is -0.261. The van der Waals surface area contributed by atoms with Crippen LogP contribution in [0, 0.1) is 11.8 Å². The van der Waals surface area contributed by atoms with Crippen molar-refractivity contribution in [3.05, 3.63) is 35.4 Å². The molecule has 0 spiro atoms. The van der Waals surface area contributed by atoms with Gasteiger partial charge in [-0.3, -0.25) is 0 Å². The lowest BCUT2D eigenvalue weighted by molar-refractivity contribution is 0.0926. The molecule has 1 fully saturated rings. The van der Waals surface area contributed by atoms with Gasteiger partial charge in [0.2, 0.25) is 0 Å². The van der Waals surface area contributed by atoms with Crippen molar-refractivity contribution < 1.29 is 5.11 Å².